The number of aliphatic hydroxyl groups is 1. The highest BCUT2D eigenvalue weighted by atomic mass is 16.3. The van der Waals surface area contributed by atoms with Crippen LogP contribution in [0.3, 0.4) is 0 Å². The average molecular weight is 250 g/mol. The summed E-state index contributed by atoms with van der Waals surface area (Å²) in [6.07, 6.45) is 2.95. The van der Waals surface area contributed by atoms with Crippen molar-refractivity contribution < 1.29 is 5.11 Å². The second-order valence-corrected chi connectivity index (χ2v) is 5.22. The number of hydrogen-bond acceptors (Lipinski definition) is 5. The Morgan fingerprint density at radius 1 is 1.56 bits per heavy atom. The van der Waals surface area contributed by atoms with Gasteiger partial charge < -0.3 is 14.9 Å². The molecule has 0 saturated carbocycles. The highest BCUT2D eigenvalue weighted by molar-refractivity contribution is 5.45. The molecule has 0 aliphatic carbocycles. The monoisotopic (exact) mass is 250 g/mol. The van der Waals surface area contributed by atoms with Gasteiger partial charge >= 0.3 is 0 Å². The second-order valence-electron chi connectivity index (χ2n) is 5.22. The molecule has 1 aromatic heterocycles. The third kappa shape index (κ3) is 2.97. The molecule has 1 fully saturated rings. The predicted octanol–water partition coefficient (Wildman–Crippen LogP) is 0.665. The first-order valence-electron chi connectivity index (χ1n) is 6.43. The highest BCUT2D eigenvalue weighted by Crippen LogP contribution is 2.21. The van der Waals surface area contributed by atoms with Gasteiger partial charge in [0.1, 0.15) is 11.6 Å². The molecule has 18 heavy (non-hydrogen) atoms. The normalized spacial score (nSPS) is 20.3. The Balaban J connectivity index is 2.08. The van der Waals surface area contributed by atoms with Gasteiger partial charge in [0, 0.05) is 31.9 Å². The zero-order valence-corrected chi connectivity index (χ0v) is 11.4. The Morgan fingerprint density at radius 3 is 2.94 bits per heavy atom. The number of nitrogens with zero attached hydrogens (tertiary/aromatic N) is 4. The van der Waals surface area contributed by atoms with Gasteiger partial charge in [-0.2, -0.15) is 0 Å². The van der Waals surface area contributed by atoms with Crippen molar-refractivity contribution in [3.63, 3.8) is 0 Å². The van der Waals surface area contributed by atoms with Gasteiger partial charge in [0.2, 0.25) is 0 Å². The van der Waals surface area contributed by atoms with E-state index in [4.69, 9.17) is 0 Å². The van der Waals surface area contributed by atoms with Gasteiger partial charge in [-0.1, -0.05) is 0 Å². The van der Waals surface area contributed by atoms with Crippen LogP contribution in [0.25, 0.3) is 0 Å². The molecule has 1 aliphatic rings. The Labute approximate surface area is 108 Å². The lowest BCUT2D eigenvalue weighted by molar-refractivity contribution is 0.281. The van der Waals surface area contributed by atoms with Gasteiger partial charge in [-0.05, 0) is 32.9 Å². The third-order valence-corrected chi connectivity index (χ3v) is 3.52. The van der Waals surface area contributed by atoms with Crippen LogP contribution < -0.4 is 4.90 Å². The maximum atomic E-state index is 9.35. The minimum absolute atomic E-state index is 0.00940. The van der Waals surface area contributed by atoms with Crippen LogP contribution >= 0.6 is 0 Å². The van der Waals surface area contributed by atoms with Crippen molar-refractivity contribution in [1.29, 1.82) is 0 Å². The number of aryl methyl sites for hydroxylation is 1. The minimum Gasteiger partial charge on any atom is -0.391 e. The number of rotatable bonds is 4. The first-order chi connectivity index (χ1) is 8.60. The van der Waals surface area contributed by atoms with E-state index >= 15 is 0 Å². The van der Waals surface area contributed by atoms with Crippen molar-refractivity contribution >= 4 is 5.82 Å². The molecule has 1 aliphatic heterocycles. The van der Waals surface area contributed by atoms with Crippen molar-refractivity contribution in [2.24, 2.45) is 5.92 Å². The Kier molecular flexibility index (Phi) is 4.14. The molecule has 5 heteroatoms. The van der Waals surface area contributed by atoms with Crippen molar-refractivity contribution in [3.05, 3.63) is 17.6 Å². The molecule has 0 radical (unpaired) electrons. The fourth-order valence-electron chi connectivity index (χ4n) is 2.57. The molecule has 1 atom stereocenters. The van der Waals surface area contributed by atoms with E-state index in [2.05, 4.69) is 26.8 Å². The number of aromatic nitrogens is 2. The van der Waals surface area contributed by atoms with Crippen LogP contribution in [0, 0.1) is 12.8 Å². The minimum atomic E-state index is -0.00940. The molecule has 0 bridgehead atoms. The zero-order valence-electron chi connectivity index (χ0n) is 11.4. The van der Waals surface area contributed by atoms with Crippen LogP contribution in [-0.2, 0) is 6.61 Å². The second kappa shape index (κ2) is 5.63. The molecule has 5 nitrogen and oxygen atoms in total. The number of likely N-dealkylation sites (tertiary alicyclic amines) is 1. The first kappa shape index (κ1) is 13.2. The summed E-state index contributed by atoms with van der Waals surface area (Å²) in [6.45, 7) is 5.16. The van der Waals surface area contributed by atoms with E-state index in [1.165, 1.54) is 13.0 Å². The molecule has 0 spiro atoms. The molecule has 1 unspecified atom stereocenters. The summed E-state index contributed by atoms with van der Waals surface area (Å²) in [5, 5.41) is 9.35. The summed E-state index contributed by atoms with van der Waals surface area (Å²) in [5.74, 6) is 2.29. The lowest BCUT2D eigenvalue weighted by Crippen LogP contribution is -2.29. The summed E-state index contributed by atoms with van der Waals surface area (Å²) in [5.41, 5.74) is 0.800. The van der Waals surface area contributed by atoms with Crippen LogP contribution in [0.5, 0.6) is 0 Å². The molecule has 0 amide bonds. The zero-order chi connectivity index (χ0) is 13.1. The van der Waals surface area contributed by atoms with E-state index in [0.717, 1.165) is 30.3 Å². The summed E-state index contributed by atoms with van der Waals surface area (Å²) in [4.78, 5) is 13.1. The van der Waals surface area contributed by atoms with Gasteiger partial charge in [0.15, 0.2) is 0 Å². The van der Waals surface area contributed by atoms with Crippen LogP contribution in [0.15, 0.2) is 6.20 Å². The first-order valence-corrected chi connectivity index (χ1v) is 6.43. The fraction of sp³-hybridized carbons (Fsp3) is 0.692. The van der Waals surface area contributed by atoms with Crippen molar-refractivity contribution in [3.8, 4) is 0 Å². The number of hydrogen-bond donors (Lipinski definition) is 1. The number of aliphatic hydroxyl groups excluding tert-OH is 1. The van der Waals surface area contributed by atoms with Gasteiger partial charge in [-0.3, -0.25) is 0 Å². The smallest absolute Gasteiger partial charge is 0.137 e. The molecule has 2 rings (SSSR count). The van der Waals surface area contributed by atoms with E-state index in [1.54, 1.807) is 6.20 Å². The molecule has 1 aromatic rings. The SMILES string of the molecule is Cc1ncc(CO)c(N(C)CC2CCN(C)C2)n1. The lowest BCUT2D eigenvalue weighted by Gasteiger charge is -2.24. The number of anilines is 1. The van der Waals surface area contributed by atoms with Crippen molar-refractivity contribution in [1.82, 2.24) is 14.9 Å². The lowest BCUT2D eigenvalue weighted by atomic mass is 10.1. The van der Waals surface area contributed by atoms with E-state index < -0.39 is 0 Å². The van der Waals surface area contributed by atoms with Gasteiger partial charge in [0.25, 0.3) is 0 Å². The third-order valence-electron chi connectivity index (χ3n) is 3.52. The Hall–Kier alpha value is -1.20. The molecule has 1 N–H and O–H groups in total. The van der Waals surface area contributed by atoms with Gasteiger partial charge in [0.05, 0.1) is 6.61 Å². The standard InChI is InChI=1S/C13H22N4O/c1-10-14-6-12(9-18)13(15-10)17(3)8-11-4-5-16(2)7-11/h6,11,18H,4-5,7-9H2,1-3H3. The molecule has 100 valence electrons. The summed E-state index contributed by atoms with van der Waals surface area (Å²) in [7, 11) is 4.20. The van der Waals surface area contributed by atoms with Crippen LogP contribution in [0.4, 0.5) is 5.82 Å². The molecule has 0 aromatic carbocycles. The highest BCUT2D eigenvalue weighted by Gasteiger charge is 2.22. The van der Waals surface area contributed by atoms with Crippen LogP contribution in [0.1, 0.15) is 17.8 Å². The van der Waals surface area contributed by atoms with E-state index in [0.29, 0.717) is 5.92 Å². The molecule has 1 saturated heterocycles. The van der Waals surface area contributed by atoms with Gasteiger partial charge in [-0.25, -0.2) is 9.97 Å². The molecular formula is C13H22N4O. The Bertz CT molecular complexity index is 410. The Morgan fingerprint density at radius 2 is 2.33 bits per heavy atom. The quantitative estimate of drug-likeness (QED) is 0.851. The largest absolute Gasteiger partial charge is 0.391 e. The van der Waals surface area contributed by atoms with Crippen LogP contribution in [-0.4, -0.2) is 53.7 Å². The average Bonchev–Trinajstić information content (AvgIpc) is 2.74. The molecule has 2 heterocycles. The summed E-state index contributed by atoms with van der Waals surface area (Å²) < 4.78 is 0. The molecular weight excluding hydrogens is 228 g/mol. The van der Waals surface area contributed by atoms with Crippen molar-refractivity contribution in [2.45, 2.75) is 20.0 Å². The predicted molar refractivity (Wildman–Crippen MR) is 71.6 cm³/mol. The maximum Gasteiger partial charge on any atom is 0.137 e. The van der Waals surface area contributed by atoms with Crippen LogP contribution in [0.2, 0.25) is 0 Å². The van der Waals surface area contributed by atoms with E-state index in [1.807, 2.05) is 14.0 Å². The van der Waals surface area contributed by atoms with Crippen molar-refractivity contribution in [2.75, 3.05) is 38.6 Å². The van der Waals surface area contributed by atoms with E-state index in [-0.39, 0.29) is 6.61 Å². The fourth-order valence-corrected chi connectivity index (χ4v) is 2.57. The van der Waals surface area contributed by atoms with E-state index in [9.17, 15) is 5.11 Å². The summed E-state index contributed by atoms with van der Waals surface area (Å²) in [6, 6.07) is 0. The van der Waals surface area contributed by atoms with Gasteiger partial charge in [-0.15, -0.1) is 0 Å². The summed E-state index contributed by atoms with van der Waals surface area (Å²) >= 11 is 0. The maximum absolute atomic E-state index is 9.35. The topological polar surface area (TPSA) is 52.5 Å².